The van der Waals surface area contributed by atoms with E-state index in [0.717, 1.165) is 112 Å². The molecular formula is C84H123N11O16. The number of nitrogens with one attached hydrogen (secondary N) is 6. The molecule has 1 aromatic heterocycles. The van der Waals surface area contributed by atoms with E-state index in [4.69, 9.17) is 35.2 Å². The van der Waals surface area contributed by atoms with Crippen molar-refractivity contribution in [2.75, 3.05) is 78.3 Å². The fraction of sp³-hybridized carbons (Fsp3) is 0.655. The summed E-state index contributed by atoms with van der Waals surface area (Å²) in [7, 11) is 1.88. The van der Waals surface area contributed by atoms with Crippen molar-refractivity contribution >= 4 is 58.8 Å². The third kappa shape index (κ3) is 22.9. The number of ketones is 3. The third-order valence-corrected chi connectivity index (χ3v) is 24.5. The van der Waals surface area contributed by atoms with Gasteiger partial charge in [0.1, 0.15) is 31.1 Å². The maximum atomic E-state index is 14.8. The Kier molecular flexibility index (Phi) is 32.2. The summed E-state index contributed by atoms with van der Waals surface area (Å²) >= 11 is 0. The van der Waals surface area contributed by atoms with Crippen molar-refractivity contribution in [2.24, 2.45) is 46.0 Å². The lowest BCUT2D eigenvalue weighted by Gasteiger charge is -2.56. The second-order valence-corrected chi connectivity index (χ2v) is 32.7. The number of carbonyl (C=O) groups is 9. The molecule has 11 atom stereocenters. The van der Waals surface area contributed by atoms with Gasteiger partial charge in [0.25, 0.3) is 0 Å². The number of nitrogens with zero attached hydrogens (tertiary/aromatic N) is 3. The van der Waals surface area contributed by atoms with Crippen LogP contribution in [0.5, 0.6) is 5.75 Å². The van der Waals surface area contributed by atoms with Gasteiger partial charge in [-0.25, -0.2) is 14.3 Å². The number of primary amides is 1. The Bertz CT molecular complexity index is 3830. The number of Topliss-reactive ketones (excluding diaryl/α,β-unsaturated/α-hetero) is 3. The van der Waals surface area contributed by atoms with Gasteiger partial charge in [-0.1, -0.05) is 122 Å². The standard InChI is InChI=1S/C84H123N11O16/c1-54(2)73(91-76(102)65(85)19-11-8-10-18-62(98)53-110-70-21-13-9-12-20-66-74(70)95(94-93-66)40-42-108-44-46-109-45-43-107-41-39-87-7)69(100)49-59(17-14-38-88-79(86)105)75(101)89-60-29-23-55(24-30-60)52-111-80(106)90-67(51-96)68(99)48-56-22-25-57-27-32-71-81(3,63(57)47-56)34-15-36-83(71,5)77(103)92-78(104)84(6)37-16-35-82(4)64-50-61(97)31-26-58(64)28-33-72(82)84/h22-26,29-31,47,50,54,59,65,67,70-73,87,96-97H,8-21,27-28,32-46,48-49,51-53,85H2,1-7H3,(H,89,101)(H,90,106)(H,91,102)(H3,86,88,105)(H,92,103,104)/t59-,65-,67+,70?,71-,72-,73+,81-,82-,83+,84+/m1/s1. The van der Waals surface area contributed by atoms with Crippen LogP contribution in [0.15, 0.2) is 60.7 Å². The summed E-state index contributed by atoms with van der Waals surface area (Å²) in [6.45, 7) is 15.4. The number of amides is 7. The smallest absolute Gasteiger partial charge is 0.408 e. The fourth-order valence-corrected chi connectivity index (χ4v) is 18.2. The summed E-state index contributed by atoms with van der Waals surface area (Å²) in [6.07, 6.45) is 13.4. The molecule has 5 aliphatic rings. The average molecular weight is 1540 g/mol. The first-order chi connectivity index (χ1) is 53.2. The number of anilines is 1. The van der Waals surface area contributed by atoms with E-state index in [1.807, 2.05) is 55.9 Å². The van der Waals surface area contributed by atoms with Gasteiger partial charge in [0, 0.05) is 44.0 Å². The number of rotatable bonds is 42. The molecule has 0 spiro atoms. The number of urea groups is 1. The number of alkyl carbamates (subject to hydrolysis) is 1. The van der Waals surface area contributed by atoms with Crippen molar-refractivity contribution in [3.63, 3.8) is 0 Å². The number of hydrogen-bond donors (Lipinski definition) is 10. The zero-order valence-corrected chi connectivity index (χ0v) is 66.5. The Hall–Kier alpha value is -8.05. The lowest BCUT2D eigenvalue weighted by atomic mass is 9.49. The molecule has 0 bridgehead atoms. The van der Waals surface area contributed by atoms with Crippen molar-refractivity contribution in [1.29, 1.82) is 0 Å². The zero-order valence-electron chi connectivity index (χ0n) is 66.5. The number of aliphatic hydroxyl groups is 1. The predicted molar refractivity (Wildman–Crippen MR) is 418 cm³/mol. The van der Waals surface area contributed by atoms with E-state index in [1.54, 1.807) is 44.2 Å². The first kappa shape index (κ1) is 86.9. The molecule has 27 nitrogen and oxygen atoms in total. The normalized spacial score (nSPS) is 23.1. The molecule has 27 heteroatoms. The summed E-state index contributed by atoms with van der Waals surface area (Å²) in [5, 5.41) is 46.6. The second kappa shape index (κ2) is 41.1. The molecule has 0 saturated heterocycles. The van der Waals surface area contributed by atoms with Crippen molar-refractivity contribution < 1.29 is 77.0 Å². The number of aryl methyl sites for hydroxylation is 3. The van der Waals surface area contributed by atoms with Gasteiger partial charge in [0.15, 0.2) is 17.3 Å². The number of fused-ring (bicyclic) bond motifs is 7. The molecule has 9 rings (SSSR count). The highest BCUT2D eigenvalue weighted by atomic mass is 16.6. The topological polar surface area (TPSA) is 395 Å². The van der Waals surface area contributed by atoms with Crippen molar-refractivity contribution in [3.8, 4) is 5.75 Å². The number of aromatic nitrogens is 3. The Labute approximate surface area is 653 Å². The molecule has 111 heavy (non-hydrogen) atoms. The van der Waals surface area contributed by atoms with Gasteiger partial charge in [0.2, 0.25) is 23.6 Å². The third-order valence-electron chi connectivity index (χ3n) is 24.5. The van der Waals surface area contributed by atoms with Crippen LogP contribution < -0.4 is 43.4 Å². The molecule has 2 saturated carbocycles. The molecule has 4 aromatic rings. The number of imide groups is 1. The Morgan fingerprint density at radius 2 is 1.31 bits per heavy atom. The van der Waals surface area contributed by atoms with Crippen LogP contribution in [0.2, 0.25) is 0 Å². The molecule has 610 valence electrons. The first-order valence-electron chi connectivity index (χ1n) is 40.5. The van der Waals surface area contributed by atoms with Crippen LogP contribution in [0, 0.1) is 34.5 Å². The predicted octanol–water partition coefficient (Wildman–Crippen LogP) is 8.84. The average Bonchev–Trinajstić information content (AvgIpc) is 1.11. The van der Waals surface area contributed by atoms with Gasteiger partial charge in [-0.3, -0.25) is 38.9 Å². The maximum absolute atomic E-state index is 14.8. The molecule has 3 aromatic carbocycles. The van der Waals surface area contributed by atoms with Gasteiger partial charge < -0.3 is 71.9 Å². The Morgan fingerprint density at radius 3 is 1.95 bits per heavy atom. The van der Waals surface area contributed by atoms with E-state index in [1.165, 1.54) is 5.56 Å². The number of hydrogen-bond acceptors (Lipinski definition) is 20. The lowest BCUT2D eigenvalue weighted by molar-refractivity contribution is -0.150. The van der Waals surface area contributed by atoms with E-state index in [9.17, 15) is 53.4 Å². The van der Waals surface area contributed by atoms with E-state index in [-0.39, 0.29) is 97.4 Å². The van der Waals surface area contributed by atoms with Crippen LogP contribution in [-0.2, 0) is 107 Å². The molecular weight excluding hydrogens is 1420 g/mol. The Morgan fingerprint density at radius 1 is 0.667 bits per heavy atom. The number of aliphatic hydroxyl groups excluding tert-OH is 1. The summed E-state index contributed by atoms with van der Waals surface area (Å²) in [4.78, 5) is 123. The van der Waals surface area contributed by atoms with Crippen molar-refractivity contribution in [3.05, 3.63) is 105 Å². The maximum Gasteiger partial charge on any atom is 0.408 e. The van der Waals surface area contributed by atoms with Crippen LogP contribution in [0.4, 0.5) is 15.3 Å². The Balaban J connectivity index is 0.700. The number of phenols is 1. The summed E-state index contributed by atoms with van der Waals surface area (Å²) in [6, 6.07) is 14.1. The van der Waals surface area contributed by atoms with Gasteiger partial charge in [-0.15, -0.1) is 5.10 Å². The number of nitrogens with two attached hydrogens (primary N) is 2. The van der Waals surface area contributed by atoms with Crippen LogP contribution in [0.25, 0.3) is 0 Å². The molecule has 12 N–H and O–H groups in total. The minimum atomic E-state index is -1.29. The van der Waals surface area contributed by atoms with Gasteiger partial charge in [0.05, 0.1) is 87.1 Å². The summed E-state index contributed by atoms with van der Waals surface area (Å²) in [5.41, 5.74) is 17.2. The largest absolute Gasteiger partial charge is 0.508 e. The second-order valence-electron chi connectivity index (χ2n) is 32.7. The number of phenolic OH excluding ortho intramolecular Hbond substituents is 1. The fourth-order valence-electron chi connectivity index (χ4n) is 18.2. The van der Waals surface area contributed by atoms with E-state index < -0.39 is 76.6 Å². The SMILES string of the molecule is CNCCOCCOCCOCCn1nnc2c1C(OCC(=O)CCCCC[C@@H](N)C(=O)N[C@H](C(=O)C[C@@H](CCCNC(N)=O)C(=O)Nc1ccc(COC(=O)N[C@@H](CO)C(=O)Cc3ccc4c(c3)[C@@]3(C)CCC[C@](C)(C(=O)NC(=O)[C@@]5(C)CCC[C@]6(C)c7cc(O)ccc7CC[C@@H]56)[C@@H]3CC4)cc1)C(C)C)CCCCC2. The minimum Gasteiger partial charge on any atom is -0.508 e. The van der Waals surface area contributed by atoms with Gasteiger partial charge >= 0.3 is 12.1 Å². The van der Waals surface area contributed by atoms with E-state index >= 15 is 0 Å². The van der Waals surface area contributed by atoms with Gasteiger partial charge in [-0.2, -0.15) is 0 Å². The number of carbonyl (C=O) groups excluding carboxylic acids is 9. The molecule has 1 unspecified atom stereocenters. The highest BCUT2D eigenvalue weighted by molar-refractivity contribution is 6.01. The van der Waals surface area contributed by atoms with Crippen LogP contribution in [-0.4, -0.2) is 169 Å². The molecule has 2 fully saturated rings. The number of benzene rings is 3. The molecule has 0 radical (unpaired) electrons. The summed E-state index contributed by atoms with van der Waals surface area (Å²) < 4.78 is 30.5. The zero-order chi connectivity index (χ0) is 79.9. The van der Waals surface area contributed by atoms with Crippen molar-refractivity contribution in [1.82, 2.24) is 41.6 Å². The first-order valence-corrected chi connectivity index (χ1v) is 40.5. The number of ether oxygens (including phenoxy) is 5. The van der Waals surface area contributed by atoms with Gasteiger partial charge in [-0.05, 0) is 190 Å². The lowest BCUT2D eigenvalue weighted by Crippen LogP contribution is -2.60. The highest BCUT2D eigenvalue weighted by Crippen LogP contribution is 2.60. The van der Waals surface area contributed by atoms with E-state index in [2.05, 4.69) is 56.1 Å². The minimum absolute atomic E-state index is 0.0105. The monoisotopic (exact) mass is 1540 g/mol. The van der Waals surface area contributed by atoms with Crippen LogP contribution >= 0.6 is 0 Å². The number of aromatic hydroxyl groups is 1. The summed E-state index contributed by atoms with van der Waals surface area (Å²) in [5.74, 6) is -3.47. The number of likely N-dealkylation sites (N-methyl/N-ethyl adjacent to an activating group) is 1. The number of unbranched alkanes of at least 4 members (excludes halogenated alkanes) is 2. The molecule has 7 amide bonds. The van der Waals surface area contributed by atoms with E-state index in [0.29, 0.717) is 121 Å². The molecule has 1 heterocycles. The van der Waals surface area contributed by atoms with Crippen LogP contribution in [0.1, 0.15) is 221 Å². The highest BCUT2D eigenvalue weighted by Gasteiger charge is 2.59. The van der Waals surface area contributed by atoms with Crippen molar-refractivity contribution in [2.45, 2.75) is 244 Å². The molecule has 0 aliphatic heterocycles. The molecule has 5 aliphatic carbocycles. The quantitative estimate of drug-likeness (QED) is 0.0146. The van der Waals surface area contributed by atoms with Crippen LogP contribution in [0.3, 0.4) is 0 Å².